The fourth-order valence-electron chi connectivity index (χ4n) is 1.88. The molecule has 1 fully saturated rings. The van der Waals surface area contributed by atoms with Crippen molar-refractivity contribution >= 4 is 29.2 Å². The summed E-state index contributed by atoms with van der Waals surface area (Å²) in [5.41, 5.74) is 0. The van der Waals surface area contributed by atoms with Gasteiger partial charge in [-0.1, -0.05) is 17.7 Å². The van der Waals surface area contributed by atoms with Crippen molar-refractivity contribution in [3.8, 4) is 0 Å². The molecule has 0 atom stereocenters. The first kappa shape index (κ1) is 13.7. The molecule has 1 aromatic rings. The molecule has 0 aromatic heterocycles. The predicted molar refractivity (Wildman–Crippen MR) is 79.0 cm³/mol. The number of thioether (sulfide) groups is 1. The Labute approximate surface area is 118 Å². The third-order valence-electron chi connectivity index (χ3n) is 3.06. The summed E-state index contributed by atoms with van der Waals surface area (Å²) >= 11 is 7.61. The van der Waals surface area contributed by atoms with Crippen LogP contribution in [0, 0.1) is 5.41 Å². The van der Waals surface area contributed by atoms with Crippen molar-refractivity contribution in [2.24, 2.45) is 0 Å². The van der Waals surface area contributed by atoms with Crippen LogP contribution in [0.25, 0.3) is 0 Å². The third kappa shape index (κ3) is 3.90. The molecule has 2 rings (SSSR count). The highest BCUT2D eigenvalue weighted by Crippen LogP contribution is 2.22. The van der Waals surface area contributed by atoms with E-state index in [9.17, 15) is 0 Å². The number of piperazine rings is 1. The van der Waals surface area contributed by atoms with Gasteiger partial charge in [-0.15, -0.1) is 11.8 Å². The first-order chi connectivity index (χ1) is 8.65. The van der Waals surface area contributed by atoms with Gasteiger partial charge in [-0.3, -0.25) is 5.41 Å². The number of nitrogens with zero attached hydrogens (tertiary/aromatic N) is 2. The van der Waals surface area contributed by atoms with Crippen LogP contribution in [0.3, 0.4) is 0 Å². The number of hydrogen-bond acceptors (Lipinski definition) is 3. The van der Waals surface area contributed by atoms with Crippen molar-refractivity contribution in [1.29, 1.82) is 5.41 Å². The second-order valence-electron chi connectivity index (χ2n) is 4.48. The minimum Gasteiger partial charge on any atom is -0.357 e. The molecule has 5 heteroatoms. The molecule has 1 heterocycles. The summed E-state index contributed by atoms with van der Waals surface area (Å²) in [6, 6.07) is 7.80. The van der Waals surface area contributed by atoms with E-state index in [0.29, 0.717) is 11.6 Å². The van der Waals surface area contributed by atoms with Crippen LogP contribution in [0.2, 0.25) is 5.02 Å². The molecule has 1 aliphatic heterocycles. The summed E-state index contributed by atoms with van der Waals surface area (Å²) in [7, 11) is 2.13. The number of benzene rings is 1. The van der Waals surface area contributed by atoms with E-state index in [-0.39, 0.29) is 0 Å². The first-order valence-electron chi connectivity index (χ1n) is 6.04. The van der Waals surface area contributed by atoms with E-state index < -0.39 is 0 Å². The van der Waals surface area contributed by atoms with Gasteiger partial charge in [-0.05, 0) is 25.2 Å². The maximum Gasteiger partial charge on any atom is 0.106 e. The maximum absolute atomic E-state index is 8.11. The van der Waals surface area contributed by atoms with E-state index in [2.05, 4.69) is 16.8 Å². The molecule has 98 valence electrons. The van der Waals surface area contributed by atoms with E-state index in [1.165, 1.54) is 0 Å². The molecule has 1 N–H and O–H groups in total. The molecule has 3 nitrogen and oxygen atoms in total. The van der Waals surface area contributed by atoms with E-state index in [1.807, 2.05) is 24.3 Å². The number of hydrogen-bond donors (Lipinski definition) is 1. The minimum atomic E-state index is 0.712. The standard InChI is InChI=1S/C13H18ClN3S/c1-16-5-7-17(8-6-16)13(15)10-18-12-4-2-3-11(14)9-12/h2-4,9,15H,5-8,10H2,1H3. The number of likely N-dealkylation sites (N-methyl/N-ethyl adjacent to an activating group) is 1. The Morgan fingerprint density at radius 3 is 2.72 bits per heavy atom. The van der Waals surface area contributed by atoms with Crippen LogP contribution in [-0.2, 0) is 0 Å². The van der Waals surface area contributed by atoms with E-state index in [0.717, 1.165) is 36.1 Å². The van der Waals surface area contributed by atoms with Crippen LogP contribution in [0.15, 0.2) is 29.2 Å². The Balaban J connectivity index is 1.81. The first-order valence-corrected chi connectivity index (χ1v) is 7.41. The van der Waals surface area contributed by atoms with E-state index >= 15 is 0 Å². The molecule has 18 heavy (non-hydrogen) atoms. The molecule has 0 amide bonds. The van der Waals surface area contributed by atoms with Crippen LogP contribution >= 0.6 is 23.4 Å². The Kier molecular flexibility index (Phi) is 4.92. The fourth-order valence-corrected chi connectivity index (χ4v) is 3.00. The number of halogens is 1. The van der Waals surface area contributed by atoms with E-state index in [4.69, 9.17) is 17.0 Å². The minimum absolute atomic E-state index is 0.712. The van der Waals surface area contributed by atoms with Gasteiger partial charge in [0.2, 0.25) is 0 Å². The third-order valence-corrected chi connectivity index (χ3v) is 4.30. The van der Waals surface area contributed by atoms with Crippen molar-refractivity contribution in [3.63, 3.8) is 0 Å². The smallest absolute Gasteiger partial charge is 0.106 e. The van der Waals surface area contributed by atoms with Crippen molar-refractivity contribution in [2.45, 2.75) is 4.90 Å². The van der Waals surface area contributed by atoms with Gasteiger partial charge in [-0.25, -0.2) is 0 Å². The molecule has 0 saturated carbocycles. The number of nitrogens with one attached hydrogen (secondary N) is 1. The second kappa shape index (κ2) is 6.45. The quantitative estimate of drug-likeness (QED) is 0.526. The van der Waals surface area contributed by atoms with Gasteiger partial charge in [0.25, 0.3) is 0 Å². The predicted octanol–water partition coefficient (Wildman–Crippen LogP) is 2.66. The lowest BCUT2D eigenvalue weighted by Gasteiger charge is -2.34. The van der Waals surface area contributed by atoms with Crippen molar-refractivity contribution in [3.05, 3.63) is 29.3 Å². The molecular formula is C13H18ClN3S. The van der Waals surface area contributed by atoms with Crippen molar-refractivity contribution in [1.82, 2.24) is 9.80 Å². The Hall–Kier alpha value is -0.710. The van der Waals surface area contributed by atoms with Gasteiger partial charge >= 0.3 is 0 Å². The summed E-state index contributed by atoms with van der Waals surface area (Å²) < 4.78 is 0. The van der Waals surface area contributed by atoms with Gasteiger partial charge < -0.3 is 9.80 Å². The lowest BCUT2D eigenvalue weighted by atomic mass is 10.3. The Morgan fingerprint density at radius 1 is 1.33 bits per heavy atom. The Bertz CT molecular complexity index is 416. The van der Waals surface area contributed by atoms with Crippen LogP contribution in [0.5, 0.6) is 0 Å². The molecule has 0 unspecified atom stereocenters. The SMILES string of the molecule is CN1CCN(C(=N)CSc2cccc(Cl)c2)CC1. The zero-order valence-corrected chi connectivity index (χ0v) is 12.1. The molecule has 1 aliphatic rings. The zero-order chi connectivity index (χ0) is 13.0. The largest absolute Gasteiger partial charge is 0.357 e. The lowest BCUT2D eigenvalue weighted by Crippen LogP contribution is -2.47. The Morgan fingerprint density at radius 2 is 2.06 bits per heavy atom. The molecule has 0 spiro atoms. The average molecular weight is 284 g/mol. The maximum atomic E-state index is 8.11. The fraction of sp³-hybridized carbons (Fsp3) is 0.462. The molecule has 1 saturated heterocycles. The summed E-state index contributed by atoms with van der Waals surface area (Å²) in [5, 5.41) is 8.86. The van der Waals surface area contributed by atoms with E-state index in [1.54, 1.807) is 11.8 Å². The number of rotatable bonds is 3. The molecule has 0 aliphatic carbocycles. The topological polar surface area (TPSA) is 30.3 Å². The van der Waals surface area contributed by atoms with Gasteiger partial charge in [0.15, 0.2) is 0 Å². The van der Waals surface area contributed by atoms with Gasteiger partial charge in [0.05, 0.1) is 5.75 Å². The van der Waals surface area contributed by atoms with Crippen LogP contribution in [0.4, 0.5) is 0 Å². The molecule has 1 aromatic carbocycles. The summed E-state index contributed by atoms with van der Waals surface area (Å²) in [5.74, 6) is 1.43. The monoisotopic (exact) mass is 283 g/mol. The summed E-state index contributed by atoms with van der Waals surface area (Å²) in [4.78, 5) is 5.59. The van der Waals surface area contributed by atoms with Crippen molar-refractivity contribution < 1.29 is 0 Å². The van der Waals surface area contributed by atoms with Gasteiger partial charge in [0, 0.05) is 36.1 Å². The number of amidine groups is 1. The molecule has 0 radical (unpaired) electrons. The average Bonchev–Trinajstić information content (AvgIpc) is 2.37. The van der Waals surface area contributed by atoms with Crippen molar-refractivity contribution in [2.75, 3.05) is 39.0 Å². The van der Waals surface area contributed by atoms with Gasteiger partial charge in [0.1, 0.15) is 5.84 Å². The van der Waals surface area contributed by atoms with Crippen LogP contribution in [-0.4, -0.2) is 54.6 Å². The highest BCUT2D eigenvalue weighted by molar-refractivity contribution is 8.00. The molecular weight excluding hydrogens is 266 g/mol. The molecule has 0 bridgehead atoms. The lowest BCUT2D eigenvalue weighted by molar-refractivity contribution is 0.214. The van der Waals surface area contributed by atoms with Crippen LogP contribution < -0.4 is 0 Å². The summed E-state index contributed by atoms with van der Waals surface area (Å²) in [6.45, 7) is 4.02. The van der Waals surface area contributed by atoms with Gasteiger partial charge in [-0.2, -0.15) is 0 Å². The zero-order valence-electron chi connectivity index (χ0n) is 10.5. The van der Waals surface area contributed by atoms with Crippen LogP contribution in [0.1, 0.15) is 0 Å². The highest BCUT2D eigenvalue weighted by Gasteiger charge is 2.16. The second-order valence-corrected chi connectivity index (χ2v) is 5.97. The normalized spacial score (nSPS) is 16.9. The summed E-state index contributed by atoms with van der Waals surface area (Å²) in [6.07, 6.45) is 0. The highest BCUT2D eigenvalue weighted by atomic mass is 35.5.